The third-order valence-electron chi connectivity index (χ3n) is 3.79. The molecule has 0 aliphatic rings. The highest BCUT2D eigenvalue weighted by molar-refractivity contribution is 7.22. The van der Waals surface area contributed by atoms with E-state index in [9.17, 15) is 4.79 Å². The van der Waals surface area contributed by atoms with Crippen LogP contribution >= 0.6 is 22.7 Å². The molecule has 3 heterocycles. The second kappa shape index (κ2) is 6.89. The minimum absolute atomic E-state index is 0.139. The number of fused-ring (bicyclic) bond motifs is 1. The van der Waals surface area contributed by atoms with E-state index in [2.05, 4.69) is 15.3 Å². The maximum absolute atomic E-state index is 12.4. The first-order valence-corrected chi connectivity index (χ1v) is 9.56. The summed E-state index contributed by atoms with van der Waals surface area (Å²) >= 11 is 2.96. The lowest BCUT2D eigenvalue weighted by Gasteiger charge is -1.99. The Balaban J connectivity index is 1.49. The number of hydrogen-bond donors (Lipinski definition) is 1. The Morgan fingerprint density at radius 1 is 1.31 bits per heavy atom. The number of amides is 1. The predicted molar refractivity (Wildman–Crippen MR) is 103 cm³/mol. The fourth-order valence-electron chi connectivity index (χ4n) is 2.50. The van der Waals surface area contributed by atoms with Crippen LogP contribution in [0.3, 0.4) is 0 Å². The summed E-state index contributed by atoms with van der Waals surface area (Å²) in [5, 5.41) is 5.35. The lowest BCUT2D eigenvalue weighted by Crippen LogP contribution is -2.14. The number of hydrogen-bond acceptors (Lipinski definition) is 7. The number of methoxy groups -OCH3 is 1. The van der Waals surface area contributed by atoms with E-state index < -0.39 is 0 Å². The SMILES string of the molecule is COc1ccc2nc(NC(=O)Cc3nc(-c4cccs4)oc3C)sc2c1. The molecule has 0 saturated heterocycles. The Hall–Kier alpha value is -2.71. The normalized spacial score (nSPS) is 11.0. The number of nitrogens with one attached hydrogen (secondary N) is 1. The van der Waals surface area contributed by atoms with E-state index in [0.29, 0.717) is 22.5 Å². The largest absolute Gasteiger partial charge is 0.497 e. The van der Waals surface area contributed by atoms with Crippen LogP contribution in [0.1, 0.15) is 11.5 Å². The fourth-order valence-corrected chi connectivity index (χ4v) is 4.06. The van der Waals surface area contributed by atoms with Crippen molar-refractivity contribution in [3.05, 3.63) is 47.2 Å². The highest BCUT2D eigenvalue weighted by Gasteiger charge is 2.16. The summed E-state index contributed by atoms with van der Waals surface area (Å²) in [7, 11) is 1.62. The van der Waals surface area contributed by atoms with Crippen molar-refractivity contribution in [2.24, 2.45) is 0 Å². The van der Waals surface area contributed by atoms with E-state index in [1.54, 1.807) is 18.4 Å². The van der Waals surface area contributed by atoms with Crippen LogP contribution in [0.4, 0.5) is 5.13 Å². The molecule has 0 bridgehead atoms. The van der Waals surface area contributed by atoms with Crippen molar-refractivity contribution in [1.29, 1.82) is 0 Å². The van der Waals surface area contributed by atoms with Crippen molar-refractivity contribution >= 4 is 43.9 Å². The van der Waals surface area contributed by atoms with Crippen LogP contribution in [-0.2, 0) is 11.2 Å². The van der Waals surface area contributed by atoms with Gasteiger partial charge in [0.15, 0.2) is 5.13 Å². The highest BCUT2D eigenvalue weighted by Crippen LogP contribution is 2.30. The highest BCUT2D eigenvalue weighted by atomic mass is 32.1. The van der Waals surface area contributed by atoms with Gasteiger partial charge in [0.2, 0.25) is 11.8 Å². The number of carbonyl (C=O) groups excluding carboxylic acids is 1. The van der Waals surface area contributed by atoms with Crippen molar-refractivity contribution in [2.75, 3.05) is 12.4 Å². The topological polar surface area (TPSA) is 77.2 Å². The van der Waals surface area contributed by atoms with Gasteiger partial charge in [0, 0.05) is 0 Å². The van der Waals surface area contributed by atoms with Crippen LogP contribution in [0.2, 0.25) is 0 Å². The zero-order chi connectivity index (χ0) is 18.1. The predicted octanol–water partition coefficient (Wildman–Crippen LogP) is 4.51. The molecule has 0 aliphatic carbocycles. The Morgan fingerprint density at radius 2 is 2.19 bits per heavy atom. The van der Waals surface area contributed by atoms with Gasteiger partial charge in [-0.1, -0.05) is 17.4 Å². The second-order valence-corrected chi connectivity index (χ2v) is 7.56. The van der Waals surface area contributed by atoms with Crippen LogP contribution in [0.25, 0.3) is 21.0 Å². The summed E-state index contributed by atoms with van der Waals surface area (Å²) in [4.78, 5) is 22.2. The number of anilines is 1. The zero-order valence-electron chi connectivity index (χ0n) is 14.1. The van der Waals surface area contributed by atoms with E-state index >= 15 is 0 Å². The molecule has 0 saturated carbocycles. The molecule has 3 aromatic heterocycles. The summed E-state index contributed by atoms with van der Waals surface area (Å²) in [6, 6.07) is 9.49. The molecule has 26 heavy (non-hydrogen) atoms. The van der Waals surface area contributed by atoms with E-state index in [0.717, 1.165) is 20.8 Å². The van der Waals surface area contributed by atoms with Crippen molar-refractivity contribution in [3.8, 4) is 16.5 Å². The van der Waals surface area contributed by atoms with E-state index in [-0.39, 0.29) is 12.3 Å². The van der Waals surface area contributed by atoms with Crippen molar-refractivity contribution in [2.45, 2.75) is 13.3 Å². The molecule has 0 aliphatic heterocycles. The minimum atomic E-state index is -0.176. The molecule has 0 radical (unpaired) electrons. The molecular weight excluding hydrogens is 370 g/mol. The molecule has 8 heteroatoms. The molecule has 1 aromatic carbocycles. The summed E-state index contributed by atoms with van der Waals surface area (Å²) < 4.78 is 11.8. The number of nitrogens with zero attached hydrogens (tertiary/aromatic N) is 2. The smallest absolute Gasteiger partial charge is 0.236 e. The van der Waals surface area contributed by atoms with E-state index in [1.165, 1.54) is 11.3 Å². The number of thiazole rings is 1. The molecule has 0 unspecified atom stereocenters. The maximum atomic E-state index is 12.4. The molecule has 6 nitrogen and oxygen atoms in total. The van der Waals surface area contributed by atoms with Gasteiger partial charge in [-0.3, -0.25) is 4.79 Å². The first kappa shape index (κ1) is 16.7. The summed E-state index contributed by atoms with van der Waals surface area (Å²) in [6.45, 7) is 1.82. The van der Waals surface area contributed by atoms with Gasteiger partial charge >= 0.3 is 0 Å². The average Bonchev–Trinajstić information content (AvgIpc) is 3.34. The van der Waals surface area contributed by atoms with Gasteiger partial charge in [-0.15, -0.1) is 11.3 Å². The van der Waals surface area contributed by atoms with Gasteiger partial charge in [0.1, 0.15) is 11.5 Å². The molecular formula is C18H15N3O3S2. The Morgan fingerprint density at radius 3 is 2.96 bits per heavy atom. The van der Waals surface area contributed by atoms with Gasteiger partial charge in [0.25, 0.3) is 0 Å². The van der Waals surface area contributed by atoms with E-state index in [1.807, 2.05) is 42.6 Å². The van der Waals surface area contributed by atoms with Gasteiger partial charge in [-0.2, -0.15) is 0 Å². The van der Waals surface area contributed by atoms with Gasteiger partial charge < -0.3 is 14.5 Å². The van der Waals surface area contributed by atoms with Gasteiger partial charge in [-0.25, -0.2) is 9.97 Å². The Bertz CT molecular complexity index is 1070. The standard InChI is InChI=1S/C18H15N3O3S2/c1-10-13(19-17(24-10)14-4-3-7-25-14)9-16(22)21-18-20-12-6-5-11(23-2)8-15(12)26-18/h3-8H,9H2,1-2H3,(H,20,21,22). The van der Waals surface area contributed by atoms with Gasteiger partial charge in [0.05, 0.1) is 34.3 Å². The summed E-state index contributed by atoms with van der Waals surface area (Å²) in [5.41, 5.74) is 1.46. The molecule has 0 spiro atoms. The van der Waals surface area contributed by atoms with Crippen molar-refractivity contribution in [1.82, 2.24) is 9.97 Å². The molecule has 0 fully saturated rings. The number of aromatic nitrogens is 2. The van der Waals surface area contributed by atoms with Gasteiger partial charge in [-0.05, 0) is 36.6 Å². The number of thiophene rings is 1. The van der Waals surface area contributed by atoms with Crippen LogP contribution in [0.5, 0.6) is 5.75 Å². The summed E-state index contributed by atoms with van der Waals surface area (Å²) in [6.07, 6.45) is 0.139. The number of oxazole rings is 1. The zero-order valence-corrected chi connectivity index (χ0v) is 15.7. The molecule has 1 amide bonds. The molecule has 132 valence electrons. The summed E-state index contributed by atoms with van der Waals surface area (Å²) in [5.74, 6) is 1.79. The third kappa shape index (κ3) is 3.33. The minimum Gasteiger partial charge on any atom is -0.497 e. The van der Waals surface area contributed by atoms with Crippen LogP contribution in [0, 0.1) is 6.92 Å². The first-order valence-electron chi connectivity index (χ1n) is 7.87. The van der Waals surface area contributed by atoms with Crippen LogP contribution < -0.4 is 10.1 Å². The second-order valence-electron chi connectivity index (χ2n) is 5.58. The number of rotatable bonds is 5. The van der Waals surface area contributed by atoms with Crippen LogP contribution in [0.15, 0.2) is 40.1 Å². The first-order chi connectivity index (χ1) is 12.6. The number of ether oxygens (including phenoxy) is 1. The van der Waals surface area contributed by atoms with Crippen molar-refractivity contribution < 1.29 is 13.9 Å². The number of carbonyl (C=O) groups is 1. The molecule has 1 N–H and O–H groups in total. The Labute approximate surface area is 157 Å². The molecule has 4 aromatic rings. The van der Waals surface area contributed by atoms with Crippen molar-refractivity contribution in [3.63, 3.8) is 0 Å². The van der Waals surface area contributed by atoms with Crippen LogP contribution in [-0.4, -0.2) is 23.0 Å². The third-order valence-corrected chi connectivity index (χ3v) is 5.59. The fraction of sp³-hybridized carbons (Fsp3) is 0.167. The lowest BCUT2D eigenvalue weighted by atomic mass is 10.2. The Kier molecular flexibility index (Phi) is 4.44. The quantitative estimate of drug-likeness (QED) is 0.547. The lowest BCUT2D eigenvalue weighted by molar-refractivity contribution is -0.115. The molecule has 4 rings (SSSR count). The molecule has 0 atom stereocenters. The number of benzene rings is 1. The average molecular weight is 385 g/mol. The number of aryl methyl sites for hydroxylation is 1. The van der Waals surface area contributed by atoms with E-state index in [4.69, 9.17) is 9.15 Å². The monoisotopic (exact) mass is 385 g/mol. The maximum Gasteiger partial charge on any atom is 0.236 e.